The van der Waals surface area contributed by atoms with E-state index in [0.29, 0.717) is 28.5 Å². The Morgan fingerprint density at radius 1 is 0.929 bits per heavy atom. The highest BCUT2D eigenvalue weighted by molar-refractivity contribution is 5.98. The second kappa shape index (κ2) is 6.74. The summed E-state index contributed by atoms with van der Waals surface area (Å²) >= 11 is 0. The van der Waals surface area contributed by atoms with Gasteiger partial charge in [0, 0.05) is 17.2 Å². The summed E-state index contributed by atoms with van der Waals surface area (Å²) in [6, 6.07) is 20.9. The number of hydrogen-bond donors (Lipinski definition) is 1. The number of ether oxygens (including phenoxy) is 2. The summed E-state index contributed by atoms with van der Waals surface area (Å²) in [5.41, 5.74) is 2.09. The first-order chi connectivity index (χ1) is 13.8. The van der Waals surface area contributed by atoms with Crippen molar-refractivity contribution in [1.29, 1.82) is 0 Å². The lowest BCUT2D eigenvalue weighted by Crippen LogP contribution is -2.22. The van der Waals surface area contributed by atoms with Crippen molar-refractivity contribution in [2.75, 3.05) is 6.79 Å². The van der Waals surface area contributed by atoms with Crippen LogP contribution in [0.2, 0.25) is 0 Å². The van der Waals surface area contributed by atoms with Gasteiger partial charge >= 0.3 is 0 Å². The van der Waals surface area contributed by atoms with Crippen molar-refractivity contribution in [2.45, 2.75) is 6.54 Å². The van der Waals surface area contributed by atoms with Crippen molar-refractivity contribution in [3.63, 3.8) is 0 Å². The Balaban J connectivity index is 1.28. The standard InChI is InChI=1S/C22H16N2O4/c25-22(17-6-5-14-3-1-2-4-15(14)9-17)23-12-18-11-20(28-24-18)16-7-8-19-21(10-16)27-13-26-19/h1-11H,12-13H2,(H,23,25). The van der Waals surface area contributed by atoms with Gasteiger partial charge in [-0.15, -0.1) is 0 Å². The van der Waals surface area contributed by atoms with Gasteiger partial charge in [-0.3, -0.25) is 4.79 Å². The van der Waals surface area contributed by atoms with Gasteiger partial charge in [0.25, 0.3) is 5.91 Å². The maximum absolute atomic E-state index is 12.5. The van der Waals surface area contributed by atoms with Crippen LogP contribution >= 0.6 is 0 Å². The smallest absolute Gasteiger partial charge is 0.251 e. The molecule has 4 aromatic rings. The van der Waals surface area contributed by atoms with Crippen LogP contribution in [-0.2, 0) is 6.54 Å². The number of carbonyl (C=O) groups is 1. The van der Waals surface area contributed by atoms with Gasteiger partial charge in [0.1, 0.15) is 5.69 Å². The summed E-state index contributed by atoms with van der Waals surface area (Å²) in [5.74, 6) is 1.85. The number of fused-ring (bicyclic) bond motifs is 2. The lowest BCUT2D eigenvalue weighted by Gasteiger charge is -2.04. The number of aromatic nitrogens is 1. The molecule has 0 spiro atoms. The van der Waals surface area contributed by atoms with E-state index >= 15 is 0 Å². The Bertz CT molecular complexity index is 1180. The largest absolute Gasteiger partial charge is 0.454 e. The van der Waals surface area contributed by atoms with E-state index in [1.807, 2.05) is 60.7 Å². The first-order valence-corrected chi connectivity index (χ1v) is 8.89. The van der Waals surface area contributed by atoms with Crippen LogP contribution in [0.25, 0.3) is 22.1 Å². The second-order valence-electron chi connectivity index (χ2n) is 6.50. The van der Waals surface area contributed by atoms with E-state index in [1.165, 1.54) is 0 Å². The van der Waals surface area contributed by atoms with Crippen LogP contribution in [-0.4, -0.2) is 17.9 Å². The molecule has 0 atom stereocenters. The maximum Gasteiger partial charge on any atom is 0.251 e. The molecule has 1 aliphatic rings. The molecule has 6 nitrogen and oxygen atoms in total. The van der Waals surface area contributed by atoms with Crippen molar-refractivity contribution >= 4 is 16.7 Å². The molecule has 0 unspecified atom stereocenters. The monoisotopic (exact) mass is 372 g/mol. The number of nitrogens with zero attached hydrogens (tertiary/aromatic N) is 1. The Kier molecular flexibility index (Phi) is 3.94. The summed E-state index contributed by atoms with van der Waals surface area (Å²) in [6.45, 7) is 0.501. The Morgan fingerprint density at radius 2 is 1.79 bits per heavy atom. The zero-order valence-corrected chi connectivity index (χ0v) is 14.8. The molecule has 28 heavy (non-hydrogen) atoms. The van der Waals surface area contributed by atoms with E-state index in [2.05, 4.69) is 10.5 Å². The van der Waals surface area contributed by atoms with Crippen LogP contribution in [0.1, 0.15) is 16.1 Å². The SMILES string of the molecule is O=C(NCc1cc(-c2ccc3c(c2)OCO3)on1)c1ccc2ccccc2c1. The highest BCUT2D eigenvalue weighted by Crippen LogP contribution is 2.36. The van der Waals surface area contributed by atoms with Crippen LogP contribution < -0.4 is 14.8 Å². The Labute approximate surface area is 160 Å². The molecule has 0 aliphatic carbocycles. The third kappa shape index (κ3) is 3.05. The van der Waals surface area contributed by atoms with Gasteiger partial charge in [-0.25, -0.2) is 0 Å². The minimum Gasteiger partial charge on any atom is -0.454 e. The quantitative estimate of drug-likeness (QED) is 0.582. The fourth-order valence-corrected chi connectivity index (χ4v) is 3.18. The van der Waals surface area contributed by atoms with Gasteiger partial charge in [0.15, 0.2) is 17.3 Å². The molecular weight excluding hydrogens is 356 g/mol. The molecule has 0 bridgehead atoms. The number of hydrogen-bond acceptors (Lipinski definition) is 5. The maximum atomic E-state index is 12.5. The number of rotatable bonds is 4. The van der Waals surface area contributed by atoms with Crippen LogP contribution in [0.3, 0.4) is 0 Å². The first-order valence-electron chi connectivity index (χ1n) is 8.89. The molecule has 0 fully saturated rings. The van der Waals surface area contributed by atoms with Gasteiger partial charge in [-0.1, -0.05) is 35.5 Å². The van der Waals surface area contributed by atoms with Gasteiger partial charge in [-0.05, 0) is 41.1 Å². The van der Waals surface area contributed by atoms with Crippen LogP contribution in [0, 0.1) is 0 Å². The minimum atomic E-state index is -0.154. The third-order valence-corrected chi connectivity index (χ3v) is 4.66. The van der Waals surface area contributed by atoms with Gasteiger partial charge in [0.2, 0.25) is 6.79 Å². The molecule has 5 rings (SSSR count). The summed E-state index contributed by atoms with van der Waals surface area (Å²) in [6.07, 6.45) is 0. The fourth-order valence-electron chi connectivity index (χ4n) is 3.18. The van der Waals surface area contributed by atoms with Gasteiger partial charge < -0.3 is 19.3 Å². The zero-order chi connectivity index (χ0) is 18.9. The molecular formula is C22H16N2O4. The van der Waals surface area contributed by atoms with Crippen molar-refractivity contribution in [1.82, 2.24) is 10.5 Å². The van der Waals surface area contributed by atoms with Crippen molar-refractivity contribution in [3.8, 4) is 22.8 Å². The second-order valence-corrected chi connectivity index (χ2v) is 6.50. The number of amides is 1. The highest BCUT2D eigenvalue weighted by Gasteiger charge is 2.16. The summed E-state index contributed by atoms with van der Waals surface area (Å²) in [4.78, 5) is 12.5. The topological polar surface area (TPSA) is 73.6 Å². The van der Waals surface area contributed by atoms with Gasteiger partial charge in [-0.2, -0.15) is 0 Å². The van der Waals surface area contributed by atoms with E-state index in [0.717, 1.165) is 16.3 Å². The van der Waals surface area contributed by atoms with Crippen LogP contribution in [0.15, 0.2) is 71.3 Å². The van der Waals surface area contributed by atoms with E-state index < -0.39 is 0 Å². The summed E-state index contributed by atoms with van der Waals surface area (Å²) < 4.78 is 16.1. The molecule has 138 valence electrons. The molecule has 2 heterocycles. The molecule has 0 saturated carbocycles. The molecule has 1 aliphatic heterocycles. The van der Waals surface area contributed by atoms with Crippen molar-refractivity contribution < 1.29 is 18.8 Å². The number of benzene rings is 3. The molecule has 1 N–H and O–H groups in total. The average molecular weight is 372 g/mol. The van der Waals surface area contributed by atoms with Crippen LogP contribution in [0.5, 0.6) is 11.5 Å². The molecule has 6 heteroatoms. The molecule has 1 amide bonds. The zero-order valence-electron chi connectivity index (χ0n) is 14.8. The average Bonchev–Trinajstić information content (AvgIpc) is 3.40. The van der Waals surface area contributed by atoms with E-state index in [-0.39, 0.29) is 19.2 Å². The van der Waals surface area contributed by atoms with E-state index in [1.54, 1.807) is 6.07 Å². The first kappa shape index (κ1) is 16.4. The Morgan fingerprint density at radius 3 is 2.71 bits per heavy atom. The molecule has 0 radical (unpaired) electrons. The lowest BCUT2D eigenvalue weighted by atomic mass is 10.1. The summed E-state index contributed by atoms with van der Waals surface area (Å²) in [5, 5.41) is 9.05. The molecule has 0 saturated heterocycles. The highest BCUT2D eigenvalue weighted by atomic mass is 16.7. The van der Waals surface area contributed by atoms with Crippen LogP contribution in [0.4, 0.5) is 0 Å². The minimum absolute atomic E-state index is 0.154. The summed E-state index contributed by atoms with van der Waals surface area (Å²) in [7, 11) is 0. The molecule has 3 aromatic carbocycles. The fraction of sp³-hybridized carbons (Fsp3) is 0.0909. The number of nitrogens with one attached hydrogen (secondary N) is 1. The van der Waals surface area contributed by atoms with E-state index in [9.17, 15) is 4.79 Å². The molecule has 1 aromatic heterocycles. The third-order valence-electron chi connectivity index (χ3n) is 4.66. The predicted molar refractivity (Wildman–Crippen MR) is 103 cm³/mol. The Hall–Kier alpha value is -3.80. The number of carbonyl (C=O) groups excluding carboxylic acids is 1. The lowest BCUT2D eigenvalue weighted by molar-refractivity contribution is 0.0950. The van der Waals surface area contributed by atoms with Crippen molar-refractivity contribution in [3.05, 3.63) is 78.0 Å². The predicted octanol–water partition coefficient (Wildman–Crippen LogP) is 4.15. The van der Waals surface area contributed by atoms with E-state index in [4.69, 9.17) is 14.0 Å². The normalized spacial score (nSPS) is 12.3. The van der Waals surface area contributed by atoms with Gasteiger partial charge in [0.05, 0.1) is 6.54 Å². The van der Waals surface area contributed by atoms with Crippen molar-refractivity contribution in [2.24, 2.45) is 0 Å².